The van der Waals surface area contributed by atoms with Crippen molar-refractivity contribution in [3.63, 3.8) is 0 Å². The maximum atomic E-state index is 12.5. The van der Waals surface area contributed by atoms with Gasteiger partial charge in [0.25, 0.3) is 5.91 Å². The summed E-state index contributed by atoms with van der Waals surface area (Å²) in [4.78, 5) is 14.1. The molecule has 22 heavy (non-hydrogen) atoms. The highest BCUT2D eigenvalue weighted by Crippen LogP contribution is 2.17. The van der Waals surface area contributed by atoms with E-state index in [1.54, 1.807) is 24.1 Å². The molecule has 1 atom stereocenters. The minimum Gasteiger partial charge on any atom is -0.390 e. The number of rotatable bonds is 6. The molecule has 0 fully saturated rings. The first-order valence-corrected chi connectivity index (χ1v) is 7.56. The van der Waals surface area contributed by atoms with Crippen LogP contribution in [0.1, 0.15) is 10.4 Å². The number of benzene rings is 2. The quantitative estimate of drug-likeness (QED) is 0.805. The zero-order chi connectivity index (χ0) is 15.9. The van der Waals surface area contributed by atoms with Crippen LogP contribution in [0.3, 0.4) is 0 Å². The average Bonchev–Trinajstić information content (AvgIpc) is 2.59. The summed E-state index contributed by atoms with van der Waals surface area (Å²) >= 11 is 5.56. The molecule has 116 valence electrons. The van der Waals surface area contributed by atoms with Crippen LogP contribution in [0, 0.1) is 0 Å². The van der Waals surface area contributed by atoms with Crippen LogP contribution in [0.25, 0.3) is 0 Å². The van der Waals surface area contributed by atoms with Gasteiger partial charge in [-0.25, -0.2) is 0 Å². The molecule has 2 aromatic carbocycles. The number of hydrogen-bond donors (Lipinski definition) is 2. The highest BCUT2D eigenvalue weighted by atomic mass is 35.5. The van der Waals surface area contributed by atoms with E-state index < -0.39 is 6.10 Å². The first-order valence-electron chi connectivity index (χ1n) is 7.03. The van der Waals surface area contributed by atoms with Crippen LogP contribution in [-0.2, 0) is 0 Å². The third kappa shape index (κ3) is 4.23. The van der Waals surface area contributed by atoms with Gasteiger partial charge in [-0.05, 0) is 30.3 Å². The summed E-state index contributed by atoms with van der Waals surface area (Å²) in [5, 5.41) is 12.5. The molecular formula is C17H19ClN2O2. The Kier molecular flexibility index (Phi) is 5.81. The van der Waals surface area contributed by atoms with Crippen LogP contribution >= 0.6 is 11.6 Å². The third-order valence-electron chi connectivity index (χ3n) is 3.28. The second-order valence-electron chi connectivity index (χ2n) is 4.97. The number of nitrogens with zero attached hydrogens (tertiary/aromatic N) is 1. The normalized spacial score (nSPS) is 11.8. The van der Waals surface area contributed by atoms with Crippen LogP contribution in [0.15, 0.2) is 54.6 Å². The minimum atomic E-state index is -0.618. The van der Waals surface area contributed by atoms with Gasteiger partial charge in [0.2, 0.25) is 0 Å². The van der Waals surface area contributed by atoms with Crippen molar-refractivity contribution in [3.8, 4) is 0 Å². The van der Waals surface area contributed by atoms with E-state index in [4.69, 9.17) is 11.6 Å². The van der Waals surface area contributed by atoms with E-state index in [9.17, 15) is 9.90 Å². The lowest BCUT2D eigenvalue weighted by molar-refractivity contribution is 0.0993. The number of carbonyl (C=O) groups is 1. The number of carbonyl (C=O) groups excluding carboxylic acids is 1. The summed E-state index contributed by atoms with van der Waals surface area (Å²) in [6.07, 6.45) is -0.618. The van der Waals surface area contributed by atoms with Gasteiger partial charge in [0.15, 0.2) is 0 Å². The lowest BCUT2D eigenvalue weighted by Gasteiger charge is -2.18. The van der Waals surface area contributed by atoms with Crippen LogP contribution in [-0.4, -0.2) is 36.6 Å². The number of para-hydroxylation sites is 1. The number of amides is 1. The van der Waals surface area contributed by atoms with Crippen molar-refractivity contribution in [2.45, 2.75) is 6.10 Å². The molecule has 2 N–H and O–H groups in total. The molecule has 0 spiro atoms. The van der Waals surface area contributed by atoms with Gasteiger partial charge >= 0.3 is 0 Å². The van der Waals surface area contributed by atoms with Crippen molar-refractivity contribution in [1.29, 1.82) is 0 Å². The van der Waals surface area contributed by atoms with Gasteiger partial charge in [-0.15, -0.1) is 11.6 Å². The van der Waals surface area contributed by atoms with Gasteiger partial charge in [-0.2, -0.15) is 0 Å². The fourth-order valence-corrected chi connectivity index (χ4v) is 2.12. The fraction of sp³-hybridized carbons (Fsp3) is 0.235. The topological polar surface area (TPSA) is 52.6 Å². The SMILES string of the molecule is CN(C(=O)c1cccc(NCC(O)CCl)c1)c1ccccc1. The highest BCUT2D eigenvalue weighted by Gasteiger charge is 2.13. The molecule has 0 aliphatic rings. The van der Waals surface area contributed by atoms with E-state index in [1.807, 2.05) is 42.5 Å². The Balaban J connectivity index is 2.10. The van der Waals surface area contributed by atoms with Crippen molar-refractivity contribution >= 4 is 28.9 Å². The molecule has 0 heterocycles. The third-order valence-corrected chi connectivity index (χ3v) is 3.63. The van der Waals surface area contributed by atoms with Crippen LogP contribution < -0.4 is 10.2 Å². The largest absolute Gasteiger partial charge is 0.390 e. The maximum absolute atomic E-state index is 12.5. The van der Waals surface area contributed by atoms with Crippen molar-refractivity contribution < 1.29 is 9.90 Å². The van der Waals surface area contributed by atoms with E-state index in [0.29, 0.717) is 12.1 Å². The maximum Gasteiger partial charge on any atom is 0.258 e. The Morgan fingerprint density at radius 2 is 1.95 bits per heavy atom. The van der Waals surface area contributed by atoms with Gasteiger partial charge in [-0.1, -0.05) is 24.3 Å². The molecule has 0 radical (unpaired) electrons. The molecule has 0 bridgehead atoms. The summed E-state index contributed by atoms with van der Waals surface area (Å²) in [7, 11) is 1.75. The van der Waals surface area contributed by atoms with E-state index in [2.05, 4.69) is 5.32 Å². The molecule has 4 nitrogen and oxygen atoms in total. The number of aliphatic hydroxyl groups is 1. The molecule has 0 saturated carbocycles. The number of halogens is 1. The standard InChI is InChI=1S/C17H19ClN2O2/c1-20(15-8-3-2-4-9-15)17(22)13-6-5-7-14(10-13)19-12-16(21)11-18/h2-10,16,19,21H,11-12H2,1H3. The highest BCUT2D eigenvalue weighted by molar-refractivity contribution is 6.18. The molecule has 1 amide bonds. The van der Waals surface area contributed by atoms with Crippen LogP contribution in [0.2, 0.25) is 0 Å². The zero-order valence-electron chi connectivity index (χ0n) is 12.4. The fourth-order valence-electron chi connectivity index (χ4n) is 2.01. The molecular weight excluding hydrogens is 300 g/mol. The van der Waals surface area contributed by atoms with Crippen molar-refractivity contribution in [1.82, 2.24) is 0 Å². The molecule has 0 aliphatic heterocycles. The Bertz CT molecular complexity index is 619. The van der Waals surface area contributed by atoms with Gasteiger partial charge < -0.3 is 15.3 Å². The molecule has 5 heteroatoms. The number of hydrogen-bond acceptors (Lipinski definition) is 3. The summed E-state index contributed by atoms with van der Waals surface area (Å²) < 4.78 is 0. The predicted molar refractivity (Wildman–Crippen MR) is 90.8 cm³/mol. The van der Waals surface area contributed by atoms with Crippen molar-refractivity contribution in [3.05, 3.63) is 60.2 Å². The van der Waals surface area contributed by atoms with Gasteiger partial charge in [-0.3, -0.25) is 4.79 Å². The molecule has 1 unspecified atom stereocenters. The van der Waals surface area contributed by atoms with Crippen LogP contribution in [0.5, 0.6) is 0 Å². The number of anilines is 2. The minimum absolute atomic E-state index is 0.0901. The van der Waals surface area contributed by atoms with Gasteiger partial charge in [0.1, 0.15) is 0 Å². The number of aliphatic hydroxyl groups excluding tert-OH is 1. The molecule has 0 aromatic heterocycles. The Morgan fingerprint density at radius 3 is 2.64 bits per heavy atom. The number of alkyl halides is 1. The Labute approximate surface area is 135 Å². The predicted octanol–water partition coefficient (Wildman–Crippen LogP) is 2.97. The average molecular weight is 319 g/mol. The second kappa shape index (κ2) is 7.82. The molecule has 2 rings (SSSR count). The Hall–Kier alpha value is -2.04. The van der Waals surface area contributed by atoms with E-state index >= 15 is 0 Å². The summed E-state index contributed by atoms with van der Waals surface area (Å²) in [6, 6.07) is 16.7. The molecule has 0 saturated heterocycles. The number of nitrogens with one attached hydrogen (secondary N) is 1. The summed E-state index contributed by atoms with van der Waals surface area (Å²) in [6.45, 7) is 0.343. The Morgan fingerprint density at radius 1 is 1.23 bits per heavy atom. The first-order chi connectivity index (χ1) is 10.6. The van der Waals surface area contributed by atoms with E-state index in [1.165, 1.54) is 0 Å². The monoisotopic (exact) mass is 318 g/mol. The van der Waals surface area contributed by atoms with Crippen molar-refractivity contribution in [2.24, 2.45) is 0 Å². The van der Waals surface area contributed by atoms with Gasteiger partial charge in [0, 0.05) is 30.5 Å². The van der Waals surface area contributed by atoms with Crippen LogP contribution in [0.4, 0.5) is 11.4 Å². The smallest absolute Gasteiger partial charge is 0.258 e. The van der Waals surface area contributed by atoms with Gasteiger partial charge in [0.05, 0.1) is 12.0 Å². The zero-order valence-corrected chi connectivity index (χ0v) is 13.1. The van der Waals surface area contributed by atoms with Crippen molar-refractivity contribution in [2.75, 3.05) is 29.7 Å². The summed E-state index contributed by atoms with van der Waals surface area (Å²) in [5.41, 5.74) is 2.19. The lowest BCUT2D eigenvalue weighted by atomic mass is 10.1. The summed E-state index contributed by atoms with van der Waals surface area (Å²) in [5.74, 6) is 0.0790. The van der Waals surface area contributed by atoms with E-state index in [0.717, 1.165) is 11.4 Å². The first kappa shape index (κ1) is 16.3. The molecule has 0 aliphatic carbocycles. The second-order valence-corrected chi connectivity index (χ2v) is 5.28. The van der Waals surface area contributed by atoms with E-state index in [-0.39, 0.29) is 11.8 Å². The molecule has 2 aromatic rings. The lowest BCUT2D eigenvalue weighted by Crippen LogP contribution is -2.26.